The van der Waals surface area contributed by atoms with Crippen LogP contribution in [0.5, 0.6) is 0 Å². The van der Waals surface area contributed by atoms with Crippen molar-refractivity contribution in [3.63, 3.8) is 0 Å². The van der Waals surface area contributed by atoms with Crippen LogP contribution < -0.4 is 4.90 Å². The highest BCUT2D eigenvalue weighted by molar-refractivity contribution is 7.89. The highest BCUT2D eigenvalue weighted by Gasteiger charge is 2.42. The molecule has 11 heteroatoms. The van der Waals surface area contributed by atoms with Gasteiger partial charge in [0, 0.05) is 51.3 Å². The highest BCUT2D eigenvalue weighted by Crippen LogP contribution is 2.44. The van der Waals surface area contributed by atoms with E-state index in [1.807, 2.05) is 9.80 Å². The fraction of sp³-hybridized carbons (Fsp3) is 0.591. The maximum absolute atomic E-state index is 13.0. The van der Waals surface area contributed by atoms with Crippen molar-refractivity contribution in [2.45, 2.75) is 17.7 Å². The van der Waals surface area contributed by atoms with Crippen molar-refractivity contribution in [2.24, 2.45) is 17.8 Å². The third kappa shape index (κ3) is 4.13. The average molecular weight is 477 g/mol. The Kier molecular flexibility index (Phi) is 5.87. The second-order valence-corrected chi connectivity index (χ2v) is 11.1. The number of hydrogen-bond acceptors (Lipinski definition) is 7. The van der Waals surface area contributed by atoms with Gasteiger partial charge < -0.3 is 14.5 Å². The molecule has 0 aromatic heterocycles. The first-order valence-corrected chi connectivity index (χ1v) is 12.9. The molecule has 3 atom stereocenters. The van der Waals surface area contributed by atoms with Crippen LogP contribution in [-0.2, 0) is 19.6 Å². The maximum Gasteiger partial charge on any atom is 0.293 e. The van der Waals surface area contributed by atoms with Gasteiger partial charge in [-0.15, -0.1) is 0 Å². The third-order valence-corrected chi connectivity index (χ3v) is 9.17. The summed E-state index contributed by atoms with van der Waals surface area (Å²) >= 11 is 0. The largest absolute Gasteiger partial charge is 0.379 e. The van der Waals surface area contributed by atoms with Gasteiger partial charge in [0.05, 0.1) is 23.0 Å². The first-order chi connectivity index (χ1) is 15.8. The van der Waals surface area contributed by atoms with Crippen LogP contribution in [0.2, 0.25) is 0 Å². The number of allylic oxidation sites excluding steroid dienone is 2. The Hall–Kier alpha value is -2.50. The third-order valence-electron chi connectivity index (χ3n) is 7.28. The number of amides is 1. The van der Waals surface area contributed by atoms with Crippen molar-refractivity contribution in [2.75, 3.05) is 57.4 Å². The number of hydrogen-bond donors (Lipinski definition) is 0. The van der Waals surface area contributed by atoms with Gasteiger partial charge in [-0.25, -0.2) is 8.42 Å². The zero-order chi connectivity index (χ0) is 23.2. The molecule has 33 heavy (non-hydrogen) atoms. The van der Waals surface area contributed by atoms with Gasteiger partial charge in [-0.1, -0.05) is 12.2 Å². The Morgan fingerprint density at radius 2 is 1.76 bits per heavy atom. The molecule has 1 aromatic rings. The predicted molar refractivity (Wildman–Crippen MR) is 120 cm³/mol. The number of nitro benzene ring substituents is 1. The number of anilines is 1. The Morgan fingerprint density at radius 3 is 2.36 bits per heavy atom. The van der Waals surface area contributed by atoms with Gasteiger partial charge in [0.15, 0.2) is 0 Å². The molecule has 1 amide bonds. The summed E-state index contributed by atoms with van der Waals surface area (Å²) in [5, 5.41) is 11.8. The van der Waals surface area contributed by atoms with E-state index in [2.05, 4.69) is 12.2 Å². The molecule has 0 radical (unpaired) electrons. The molecule has 178 valence electrons. The highest BCUT2D eigenvalue weighted by atomic mass is 32.2. The summed E-state index contributed by atoms with van der Waals surface area (Å²) in [6.45, 7) is 3.01. The first kappa shape index (κ1) is 22.3. The molecule has 3 fully saturated rings. The van der Waals surface area contributed by atoms with Gasteiger partial charge >= 0.3 is 0 Å². The van der Waals surface area contributed by atoms with E-state index in [1.54, 1.807) is 0 Å². The average Bonchev–Trinajstić information content (AvgIpc) is 3.48. The number of carbonyl (C=O) groups is 1. The van der Waals surface area contributed by atoms with Gasteiger partial charge in [0.25, 0.3) is 5.69 Å². The van der Waals surface area contributed by atoms with E-state index < -0.39 is 14.9 Å². The molecule has 4 aliphatic rings. The Bertz CT molecular complexity index is 1080. The lowest BCUT2D eigenvalue weighted by molar-refractivity contribution is -0.384. The predicted octanol–water partition coefficient (Wildman–Crippen LogP) is 1.48. The van der Waals surface area contributed by atoms with Crippen LogP contribution in [-0.4, -0.2) is 80.9 Å². The van der Waals surface area contributed by atoms with Crippen LogP contribution in [0.3, 0.4) is 0 Å². The van der Waals surface area contributed by atoms with Crippen LogP contribution in [0.25, 0.3) is 0 Å². The molecule has 2 heterocycles. The number of morpholine rings is 1. The Morgan fingerprint density at radius 1 is 1.03 bits per heavy atom. The Balaban J connectivity index is 1.30. The van der Waals surface area contributed by atoms with Gasteiger partial charge in [-0.2, -0.15) is 4.31 Å². The van der Waals surface area contributed by atoms with Crippen molar-refractivity contribution < 1.29 is 22.9 Å². The summed E-state index contributed by atoms with van der Waals surface area (Å²) in [6, 6.07) is 4.11. The van der Waals surface area contributed by atoms with E-state index in [9.17, 15) is 23.3 Å². The zero-order valence-corrected chi connectivity index (χ0v) is 19.2. The lowest BCUT2D eigenvalue weighted by Crippen LogP contribution is -2.51. The van der Waals surface area contributed by atoms with Gasteiger partial charge in [-0.05, 0) is 36.8 Å². The van der Waals surface area contributed by atoms with Crippen LogP contribution >= 0.6 is 0 Å². The normalized spacial score (nSPS) is 27.8. The summed E-state index contributed by atoms with van der Waals surface area (Å²) in [7, 11) is -3.83. The van der Waals surface area contributed by atoms with E-state index in [1.165, 1.54) is 16.4 Å². The number of rotatable bonds is 5. The van der Waals surface area contributed by atoms with Crippen molar-refractivity contribution in [3.8, 4) is 0 Å². The minimum atomic E-state index is -3.83. The smallest absolute Gasteiger partial charge is 0.293 e. The van der Waals surface area contributed by atoms with Crippen LogP contribution in [0.15, 0.2) is 35.2 Å². The molecule has 10 nitrogen and oxygen atoms in total. The summed E-state index contributed by atoms with van der Waals surface area (Å²) in [5.41, 5.74) is 0.151. The van der Waals surface area contributed by atoms with E-state index in [0.29, 0.717) is 56.9 Å². The maximum atomic E-state index is 13.0. The zero-order valence-electron chi connectivity index (χ0n) is 18.3. The number of carbonyl (C=O) groups excluding carboxylic acids is 1. The molecule has 0 N–H and O–H groups in total. The molecule has 2 aliphatic carbocycles. The van der Waals surface area contributed by atoms with E-state index in [-0.39, 0.29) is 35.5 Å². The molecular weight excluding hydrogens is 448 g/mol. The number of piperazine rings is 1. The second kappa shape index (κ2) is 8.69. The van der Waals surface area contributed by atoms with Gasteiger partial charge in [-0.3, -0.25) is 14.9 Å². The molecule has 2 saturated heterocycles. The quantitative estimate of drug-likeness (QED) is 0.359. The lowest BCUT2D eigenvalue weighted by atomic mass is 9.92. The van der Waals surface area contributed by atoms with Crippen molar-refractivity contribution >= 4 is 27.3 Å². The fourth-order valence-electron chi connectivity index (χ4n) is 5.48. The number of benzene rings is 1. The fourth-order valence-corrected chi connectivity index (χ4v) is 6.91. The summed E-state index contributed by atoms with van der Waals surface area (Å²) < 4.78 is 32.4. The summed E-state index contributed by atoms with van der Waals surface area (Å²) in [6.07, 6.45) is 6.38. The number of nitrogens with zero attached hydrogens (tertiary/aromatic N) is 4. The number of sulfonamides is 1. The number of fused-ring (bicyclic) bond motifs is 2. The second-order valence-electron chi connectivity index (χ2n) is 9.12. The first-order valence-electron chi connectivity index (χ1n) is 11.4. The van der Waals surface area contributed by atoms with Crippen LogP contribution in [0, 0.1) is 27.9 Å². The van der Waals surface area contributed by atoms with Crippen molar-refractivity contribution in [3.05, 3.63) is 40.5 Å². The molecule has 1 aromatic carbocycles. The SMILES string of the molecule is O=C(C1CC2C=CC1C2)N1CCN(c2ccc(S(=O)(=O)N3CCOCC3)cc2[N+](=O)[O-])CC1. The van der Waals surface area contributed by atoms with E-state index in [4.69, 9.17) is 4.74 Å². The standard InChI is InChI=1S/C22H28N4O6S/c27-22(19-14-16-1-2-17(19)13-16)24-7-5-23(6-8-24)20-4-3-18(15-21(20)26(28)29)33(30,31)25-9-11-32-12-10-25/h1-4,15-17,19H,5-14H2. The molecule has 2 aliphatic heterocycles. The molecular formula is C22H28N4O6S. The van der Waals surface area contributed by atoms with Crippen LogP contribution in [0.1, 0.15) is 12.8 Å². The molecule has 0 spiro atoms. The molecule has 3 unspecified atom stereocenters. The number of ether oxygens (including phenoxy) is 1. The van der Waals surface area contributed by atoms with Gasteiger partial charge in [0.1, 0.15) is 5.69 Å². The minimum Gasteiger partial charge on any atom is -0.379 e. The number of nitro groups is 1. The molecule has 5 rings (SSSR count). The molecule has 2 bridgehead atoms. The van der Waals surface area contributed by atoms with Crippen LogP contribution in [0.4, 0.5) is 11.4 Å². The monoisotopic (exact) mass is 476 g/mol. The summed E-state index contributed by atoms with van der Waals surface area (Å²) in [5.74, 6) is 1.13. The van der Waals surface area contributed by atoms with E-state index in [0.717, 1.165) is 18.9 Å². The summed E-state index contributed by atoms with van der Waals surface area (Å²) in [4.78, 5) is 27.9. The van der Waals surface area contributed by atoms with Crippen molar-refractivity contribution in [1.29, 1.82) is 0 Å². The Labute approximate surface area is 193 Å². The minimum absolute atomic E-state index is 0.0607. The molecule has 1 saturated carbocycles. The van der Waals surface area contributed by atoms with Crippen molar-refractivity contribution in [1.82, 2.24) is 9.21 Å². The lowest BCUT2D eigenvalue weighted by Gasteiger charge is -2.37. The topological polar surface area (TPSA) is 113 Å². The van der Waals surface area contributed by atoms with E-state index >= 15 is 0 Å². The van der Waals surface area contributed by atoms with Gasteiger partial charge in [0.2, 0.25) is 15.9 Å².